The van der Waals surface area contributed by atoms with Crippen LogP contribution in [0.4, 0.5) is 0 Å². The van der Waals surface area contributed by atoms with Gasteiger partial charge in [0, 0.05) is 12.8 Å². The van der Waals surface area contributed by atoms with Crippen LogP contribution in [0.5, 0.6) is 0 Å². The molecule has 0 aliphatic carbocycles. The molecule has 0 saturated heterocycles. The Morgan fingerprint density at radius 2 is 1.57 bits per heavy atom. The number of allylic oxidation sites excluding steroid dienone is 5. The third-order valence-corrected chi connectivity index (χ3v) is 2.68. The summed E-state index contributed by atoms with van der Waals surface area (Å²) in [5.74, 6) is 10.9. The first-order valence-corrected chi connectivity index (χ1v) is 7.95. The number of halogens is 1. The number of rotatable bonds is 8. The second-order valence-electron chi connectivity index (χ2n) is 4.24. The van der Waals surface area contributed by atoms with Gasteiger partial charge in [-0.25, -0.2) is 0 Å². The molecule has 112 valence electrons. The van der Waals surface area contributed by atoms with Crippen molar-refractivity contribution >= 4 is 21.9 Å². The van der Waals surface area contributed by atoms with Gasteiger partial charge in [-0.2, -0.15) is 0 Å². The lowest BCUT2D eigenvalue weighted by molar-refractivity contribution is -0.137. The molecule has 1 N–H and O–H groups in total. The second kappa shape index (κ2) is 16.3. The smallest absolute Gasteiger partial charge is 0.303 e. The summed E-state index contributed by atoms with van der Waals surface area (Å²) in [6.45, 7) is 0. The lowest BCUT2D eigenvalue weighted by atomic mass is 10.2. The second-order valence-corrected chi connectivity index (χ2v) is 4.77. The highest BCUT2D eigenvalue weighted by Crippen LogP contribution is 2.01. The van der Waals surface area contributed by atoms with Crippen LogP contribution in [0.15, 0.2) is 35.4 Å². The third-order valence-electron chi connectivity index (χ3n) is 2.42. The topological polar surface area (TPSA) is 37.3 Å². The van der Waals surface area contributed by atoms with Crippen LogP contribution < -0.4 is 0 Å². The maximum Gasteiger partial charge on any atom is 0.303 e. The molecule has 3 heteroatoms. The Labute approximate surface area is 136 Å². The number of hydrogen-bond donors (Lipinski definition) is 1. The van der Waals surface area contributed by atoms with Gasteiger partial charge in [-0.3, -0.25) is 4.79 Å². The Hall–Kier alpha value is -1.71. The van der Waals surface area contributed by atoms with Crippen LogP contribution in [0, 0.1) is 23.7 Å². The lowest BCUT2D eigenvalue weighted by Gasteiger charge is -1.91. The minimum Gasteiger partial charge on any atom is -0.481 e. The predicted octanol–water partition coefficient (Wildman–Crippen LogP) is 4.83. The monoisotopic (exact) mass is 348 g/mol. The Kier molecular flexibility index (Phi) is 15.0. The number of carboxylic acid groups (broad SMARTS) is 1. The van der Waals surface area contributed by atoms with Crippen molar-refractivity contribution in [3.8, 4) is 23.7 Å². The first-order valence-electron chi connectivity index (χ1n) is 7.04. The predicted molar refractivity (Wildman–Crippen MR) is 91.9 cm³/mol. The van der Waals surface area contributed by atoms with Crippen molar-refractivity contribution in [3.63, 3.8) is 0 Å². The zero-order valence-corrected chi connectivity index (χ0v) is 13.7. The van der Waals surface area contributed by atoms with Gasteiger partial charge in [0.1, 0.15) is 0 Å². The van der Waals surface area contributed by atoms with Crippen LogP contribution in [-0.2, 0) is 4.79 Å². The molecular weight excluding hydrogens is 328 g/mol. The molecule has 0 aromatic heterocycles. The van der Waals surface area contributed by atoms with E-state index in [9.17, 15) is 4.79 Å². The molecule has 0 aliphatic heterocycles. The zero-order valence-electron chi connectivity index (χ0n) is 12.1. The minimum atomic E-state index is -0.757. The summed E-state index contributed by atoms with van der Waals surface area (Å²) in [5, 5.41) is 8.45. The van der Waals surface area contributed by atoms with E-state index in [1.54, 1.807) is 11.1 Å². The molecule has 0 aliphatic rings. The van der Waals surface area contributed by atoms with E-state index in [4.69, 9.17) is 5.11 Å². The quantitative estimate of drug-likeness (QED) is 0.503. The molecule has 0 heterocycles. The summed E-state index contributed by atoms with van der Waals surface area (Å²) in [6, 6.07) is 0. The molecular formula is C18H21BrO2. The molecule has 0 aromatic rings. The van der Waals surface area contributed by atoms with E-state index >= 15 is 0 Å². The summed E-state index contributed by atoms with van der Waals surface area (Å²) in [7, 11) is 0. The average Bonchev–Trinajstić information content (AvgIpc) is 2.46. The maximum absolute atomic E-state index is 10.3. The van der Waals surface area contributed by atoms with Gasteiger partial charge in [0.05, 0.1) is 0 Å². The van der Waals surface area contributed by atoms with Crippen molar-refractivity contribution in [1.29, 1.82) is 0 Å². The van der Waals surface area contributed by atoms with E-state index in [0.29, 0.717) is 12.8 Å². The van der Waals surface area contributed by atoms with Crippen molar-refractivity contribution in [2.75, 3.05) is 0 Å². The fourth-order valence-corrected chi connectivity index (χ4v) is 1.53. The van der Waals surface area contributed by atoms with Crippen LogP contribution in [-0.4, -0.2) is 11.1 Å². The normalized spacial score (nSPS) is 10.5. The molecule has 0 amide bonds. The van der Waals surface area contributed by atoms with Gasteiger partial charge in [0.25, 0.3) is 0 Å². The Morgan fingerprint density at radius 3 is 2.19 bits per heavy atom. The van der Waals surface area contributed by atoms with Crippen LogP contribution >= 0.6 is 15.9 Å². The fourth-order valence-electron chi connectivity index (χ4n) is 1.40. The fraction of sp³-hybridized carbons (Fsp3) is 0.389. The highest BCUT2D eigenvalue weighted by atomic mass is 79.9. The van der Waals surface area contributed by atoms with E-state index in [-0.39, 0.29) is 6.42 Å². The summed E-state index contributed by atoms with van der Waals surface area (Å²) >= 11 is 3.15. The zero-order chi connectivity index (χ0) is 15.6. The van der Waals surface area contributed by atoms with E-state index < -0.39 is 5.97 Å². The number of carboxylic acids is 1. The molecule has 0 bridgehead atoms. The van der Waals surface area contributed by atoms with Crippen LogP contribution in [0.25, 0.3) is 0 Å². The molecule has 0 atom stereocenters. The summed E-state index contributed by atoms with van der Waals surface area (Å²) in [6.07, 6.45) is 15.4. The van der Waals surface area contributed by atoms with Crippen molar-refractivity contribution in [1.82, 2.24) is 0 Å². The number of carbonyl (C=O) groups is 1. The SMILES string of the molecule is O=C(O)CCCC#C/C=C/CCCC/C=C/C#C/C=C/Br. The highest BCUT2D eigenvalue weighted by molar-refractivity contribution is 9.11. The van der Waals surface area contributed by atoms with Crippen molar-refractivity contribution in [2.24, 2.45) is 0 Å². The number of aliphatic carboxylic acids is 1. The molecule has 2 nitrogen and oxygen atoms in total. The Morgan fingerprint density at radius 1 is 0.952 bits per heavy atom. The average molecular weight is 349 g/mol. The van der Waals surface area contributed by atoms with Gasteiger partial charge in [0.2, 0.25) is 0 Å². The van der Waals surface area contributed by atoms with Gasteiger partial charge < -0.3 is 5.11 Å². The van der Waals surface area contributed by atoms with E-state index in [0.717, 1.165) is 25.7 Å². The van der Waals surface area contributed by atoms with Gasteiger partial charge in [-0.15, -0.1) is 0 Å². The van der Waals surface area contributed by atoms with Gasteiger partial charge >= 0.3 is 5.97 Å². The lowest BCUT2D eigenvalue weighted by Crippen LogP contribution is -1.92. The Balaban J connectivity index is 3.47. The first-order chi connectivity index (χ1) is 10.3. The first kappa shape index (κ1) is 19.3. The van der Waals surface area contributed by atoms with E-state index in [1.807, 2.05) is 12.2 Å². The van der Waals surface area contributed by atoms with E-state index in [2.05, 4.69) is 51.8 Å². The molecule has 0 fully saturated rings. The van der Waals surface area contributed by atoms with Crippen LogP contribution in [0.1, 0.15) is 44.9 Å². The van der Waals surface area contributed by atoms with Gasteiger partial charge in [-0.05, 0) is 55.3 Å². The standard InChI is InChI=1S/C18H21BrO2/c19-17-15-13-11-9-7-5-3-1-2-4-6-8-10-12-14-16-18(20)21/h4,6-7,9,15,17H,1-3,5,12,14,16H2,(H,20,21)/b6-4+,9-7+,17-15+. The molecule has 0 spiro atoms. The van der Waals surface area contributed by atoms with Crippen LogP contribution in [0.2, 0.25) is 0 Å². The summed E-state index contributed by atoms with van der Waals surface area (Å²) in [5.41, 5.74) is 0. The Bertz CT molecular complexity index is 479. The molecule has 0 rings (SSSR count). The van der Waals surface area contributed by atoms with Gasteiger partial charge in [0.15, 0.2) is 0 Å². The minimum absolute atomic E-state index is 0.197. The van der Waals surface area contributed by atoms with Gasteiger partial charge in [-0.1, -0.05) is 51.8 Å². The highest BCUT2D eigenvalue weighted by Gasteiger charge is 1.92. The molecule has 0 unspecified atom stereocenters. The third kappa shape index (κ3) is 18.3. The number of unbranched alkanes of at least 4 members (excludes halogenated alkanes) is 4. The van der Waals surface area contributed by atoms with E-state index in [1.165, 1.54) is 0 Å². The van der Waals surface area contributed by atoms with Crippen molar-refractivity contribution in [2.45, 2.75) is 44.9 Å². The largest absolute Gasteiger partial charge is 0.481 e. The molecule has 0 radical (unpaired) electrons. The van der Waals surface area contributed by atoms with Crippen LogP contribution in [0.3, 0.4) is 0 Å². The molecule has 0 aromatic carbocycles. The molecule has 0 saturated carbocycles. The summed E-state index contributed by atoms with van der Waals surface area (Å²) < 4.78 is 0. The van der Waals surface area contributed by atoms with Crippen molar-refractivity contribution < 1.29 is 9.90 Å². The van der Waals surface area contributed by atoms with Crippen molar-refractivity contribution in [3.05, 3.63) is 35.4 Å². The maximum atomic E-state index is 10.3. The summed E-state index contributed by atoms with van der Waals surface area (Å²) in [4.78, 5) is 12.0. The number of hydrogen-bond acceptors (Lipinski definition) is 1. The molecule has 21 heavy (non-hydrogen) atoms.